The summed E-state index contributed by atoms with van der Waals surface area (Å²) >= 11 is 1.63. The van der Waals surface area contributed by atoms with E-state index >= 15 is 0 Å². The van der Waals surface area contributed by atoms with Gasteiger partial charge in [-0.3, -0.25) is 0 Å². The van der Waals surface area contributed by atoms with Gasteiger partial charge in [-0.15, -0.1) is 11.3 Å². The number of hydrogen-bond acceptors (Lipinski definition) is 6. The Kier molecular flexibility index (Phi) is 6.01. The van der Waals surface area contributed by atoms with Crippen molar-refractivity contribution in [3.05, 3.63) is 58.3 Å². The zero-order valence-corrected chi connectivity index (χ0v) is 15.7. The molecule has 1 aromatic carbocycles. The fraction of sp³-hybridized carbons (Fsp3) is 0.316. The molecular formula is C19H21N3O3S. The lowest BCUT2D eigenvalue weighted by molar-refractivity contribution is 0.0514. The number of benzene rings is 1. The quantitative estimate of drug-likeness (QED) is 0.559. The van der Waals surface area contributed by atoms with Gasteiger partial charge in [-0.25, -0.2) is 14.5 Å². The van der Waals surface area contributed by atoms with Crippen molar-refractivity contribution in [1.29, 1.82) is 0 Å². The summed E-state index contributed by atoms with van der Waals surface area (Å²) in [6.45, 7) is 4.45. The third kappa shape index (κ3) is 4.29. The van der Waals surface area contributed by atoms with E-state index in [2.05, 4.69) is 17.0 Å². The van der Waals surface area contributed by atoms with E-state index in [9.17, 15) is 4.79 Å². The van der Waals surface area contributed by atoms with Crippen LogP contribution >= 0.6 is 11.3 Å². The molecule has 3 aromatic rings. The third-order valence-corrected chi connectivity index (χ3v) is 4.57. The minimum absolute atomic E-state index is 0.166. The second kappa shape index (κ2) is 8.62. The minimum atomic E-state index is -0.498. The number of nitrogens with zero attached hydrogens (tertiary/aromatic N) is 3. The van der Waals surface area contributed by atoms with Gasteiger partial charge in [-0.1, -0.05) is 25.1 Å². The van der Waals surface area contributed by atoms with Gasteiger partial charge in [0.15, 0.2) is 5.75 Å². The molecule has 136 valence electrons. The van der Waals surface area contributed by atoms with Gasteiger partial charge < -0.3 is 9.47 Å². The Labute approximate surface area is 156 Å². The van der Waals surface area contributed by atoms with E-state index in [1.165, 1.54) is 0 Å². The predicted molar refractivity (Wildman–Crippen MR) is 100.0 cm³/mol. The van der Waals surface area contributed by atoms with Gasteiger partial charge in [0.05, 0.1) is 29.2 Å². The number of para-hydroxylation sites is 1. The number of hydrogen-bond donors (Lipinski definition) is 0. The first-order chi connectivity index (χ1) is 12.7. The van der Waals surface area contributed by atoms with Crippen LogP contribution in [0.2, 0.25) is 0 Å². The second-order valence-corrected chi connectivity index (χ2v) is 6.56. The Morgan fingerprint density at radius 3 is 2.77 bits per heavy atom. The van der Waals surface area contributed by atoms with Crippen LogP contribution in [0, 0.1) is 0 Å². The lowest BCUT2D eigenvalue weighted by atomic mass is 10.3. The summed E-state index contributed by atoms with van der Waals surface area (Å²) in [5, 5.41) is 7.42. The smallest absolute Gasteiger partial charge is 0.362 e. The Bertz CT molecular complexity index is 858. The zero-order valence-electron chi connectivity index (χ0n) is 14.8. The summed E-state index contributed by atoms with van der Waals surface area (Å²) in [6.07, 6.45) is 3.72. The van der Waals surface area contributed by atoms with Crippen molar-refractivity contribution in [3.63, 3.8) is 0 Å². The molecule has 0 spiro atoms. The SMILES string of the molecule is CCCc1nc(COc2cn(-c3ccccc3)nc2C(=O)OCC)cs1. The monoisotopic (exact) mass is 371 g/mol. The molecule has 3 rings (SSSR count). The molecule has 7 heteroatoms. The molecule has 0 saturated carbocycles. The first-order valence-electron chi connectivity index (χ1n) is 8.59. The molecule has 0 radical (unpaired) electrons. The van der Waals surface area contributed by atoms with Crippen molar-refractivity contribution in [1.82, 2.24) is 14.8 Å². The molecule has 0 amide bonds. The second-order valence-electron chi connectivity index (χ2n) is 5.61. The first kappa shape index (κ1) is 18.1. The van der Waals surface area contributed by atoms with Gasteiger partial charge in [0, 0.05) is 5.38 Å². The highest BCUT2D eigenvalue weighted by Gasteiger charge is 2.20. The topological polar surface area (TPSA) is 66.2 Å². The van der Waals surface area contributed by atoms with Gasteiger partial charge in [0.2, 0.25) is 5.69 Å². The molecule has 0 aliphatic rings. The molecule has 2 heterocycles. The van der Waals surface area contributed by atoms with Gasteiger partial charge in [-0.2, -0.15) is 5.10 Å². The molecule has 0 bridgehead atoms. The predicted octanol–water partition coefficient (Wildman–Crippen LogP) is 4.04. The average Bonchev–Trinajstić information content (AvgIpc) is 3.28. The molecule has 26 heavy (non-hydrogen) atoms. The highest BCUT2D eigenvalue weighted by Crippen LogP contribution is 2.22. The minimum Gasteiger partial charge on any atom is -0.483 e. The van der Waals surface area contributed by atoms with Crippen LogP contribution in [0.15, 0.2) is 41.9 Å². The zero-order chi connectivity index (χ0) is 18.4. The molecule has 0 aliphatic carbocycles. The van der Waals surface area contributed by atoms with Crippen molar-refractivity contribution in [2.24, 2.45) is 0 Å². The molecule has 0 N–H and O–H groups in total. The Hall–Kier alpha value is -2.67. The normalized spacial score (nSPS) is 10.7. The maximum atomic E-state index is 12.2. The van der Waals surface area contributed by atoms with Crippen molar-refractivity contribution < 1.29 is 14.3 Å². The molecule has 6 nitrogen and oxygen atoms in total. The summed E-state index contributed by atoms with van der Waals surface area (Å²) in [7, 11) is 0. The molecule has 0 unspecified atom stereocenters. The maximum Gasteiger partial charge on any atom is 0.362 e. The number of esters is 1. The summed E-state index contributed by atoms with van der Waals surface area (Å²) in [5.41, 5.74) is 1.85. The average molecular weight is 371 g/mol. The van der Waals surface area contributed by atoms with Gasteiger partial charge in [0.1, 0.15) is 6.61 Å². The van der Waals surface area contributed by atoms with Crippen LogP contribution in [0.25, 0.3) is 5.69 Å². The van der Waals surface area contributed by atoms with E-state index < -0.39 is 5.97 Å². The van der Waals surface area contributed by atoms with Crippen molar-refractivity contribution >= 4 is 17.3 Å². The molecule has 0 fully saturated rings. The molecule has 2 aromatic heterocycles. The highest BCUT2D eigenvalue weighted by atomic mass is 32.1. The van der Waals surface area contributed by atoms with Crippen LogP contribution in [0.5, 0.6) is 5.75 Å². The van der Waals surface area contributed by atoms with Crippen molar-refractivity contribution in [2.75, 3.05) is 6.61 Å². The Morgan fingerprint density at radius 1 is 1.23 bits per heavy atom. The lowest BCUT2D eigenvalue weighted by Gasteiger charge is -2.03. The van der Waals surface area contributed by atoms with E-state index in [0.29, 0.717) is 5.75 Å². The van der Waals surface area contributed by atoms with Crippen LogP contribution in [0.3, 0.4) is 0 Å². The van der Waals surface area contributed by atoms with E-state index in [1.807, 2.05) is 35.7 Å². The number of carbonyl (C=O) groups excluding carboxylic acids is 1. The van der Waals surface area contributed by atoms with E-state index in [1.54, 1.807) is 29.1 Å². The van der Waals surface area contributed by atoms with Crippen molar-refractivity contribution in [2.45, 2.75) is 33.3 Å². The maximum absolute atomic E-state index is 12.2. The van der Waals surface area contributed by atoms with E-state index in [-0.39, 0.29) is 18.9 Å². The molecule has 0 atom stereocenters. The van der Waals surface area contributed by atoms with Crippen LogP contribution in [-0.4, -0.2) is 27.3 Å². The summed E-state index contributed by atoms with van der Waals surface area (Å²) in [4.78, 5) is 16.8. The van der Waals surface area contributed by atoms with Crippen LogP contribution < -0.4 is 4.74 Å². The lowest BCUT2D eigenvalue weighted by Crippen LogP contribution is -2.08. The van der Waals surface area contributed by atoms with Crippen LogP contribution in [0.4, 0.5) is 0 Å². The van der Waals surface area contributed by atoms with Crippen molar-refractivity contribution in [3.8, 4) is 11.4 Å². The fourth-order valence-electron chi connectivity index (χ4n) is 2.41. The van der Waals surface area contributed by atoms with E-state index in [0.717, 1.165) is 29.2 Å². The summed E-state index contributed by atoms with van der Waals surface area (Å²) in [5.74, 6) is -0.112. The third-order valence-electron chi connectivity index (χ3n) is 3.61. The largest absolute Gasteiger partial charge is 0.483 e. The number of ether oxygens (including phenoxy) is 2. The summed E-state index contributed by atoms with van der Waals surface area (Å²) in [6, 6.07) is 9.55. The van der Waals surface area contributed by atoms with Gasteiger partial charge >= 0.3 is 5.97 Å². The Balaban J connectivity index is 1.81. The fourth-order valence-corrected chi connectivity index (χ4v) is 3.30. The Morgan fingerprint density at radius 2 is 2.04 bits per heavy atom. The number of rotatable bonds is 8. The van der Waals surface area contributed by atoms with Gasteiger partial charge in [0.25, 0.3) is 0 Å². The number of thiazole rings is 1. The van der Waals surface area contributed by atoms with Gasteiger partial charge in [-0.05, 0) is 31.9 Å². The number of carbonyl (C=O) groups is 1. The molecule has 0 aliphatic heterocycles. The number of aromatic nitrogens is 3. The summed E-state index contributed by atoms with van der Waals surface area (Å²) < 4.78 is 12.6. The highest BCUT2D eigenvalue weighted by molar-refractivity contribution is 7.09. The first-order valence-corrected chi connectivity index (χ1v) is 9.47. The standard InChI is InChI=1S/C19H21N3O3S/c1-3-8-17-20-14(13-26-17)12-25-16-11-22(15-9-6-5-7-10-15)21-18(16)19(23)24-4-2/h5-7,9-11,13H,3-4,8,12H2,1-2H3. The van der Waals surface area contributed by atoms with Crippen LogP contribution in [-0.2, 0) is 17.8 Å². The molecule has 0 saturated heterocycles. The number of aryl methyl sites for hydroxylation is 1. The van der Waals surface area contributed by atoms with Crippen LogP contribution in [0.1, 0.15) is 41.5 Å². The van der Waals surface area contributed by atoms with E-state index in [4.69, 9.17) is 9.47 Å². The molecular weight excluding hydrogens is 350 g/mol.